The van der Waals surface area contributed by atoms with Crippen molar-refractivity contribution in [2.75, 3.05) is 6.54 Å². The second-order valence-corrected chi connectivity index (χ2v) is 5.75. The number of nitriles is 1. The van der Waals surface area contributed by atoms with E-state index in [4.69, 9.17) is 5.26 Å². The summed E-state index contributed by atoms with van der Waals surface area (Å²) in [6.45, 7) is 3.23. The fourth-order valence-corrected chi connectivity index (χ4v) is 3.51. The number of H-pyrrole nitrogens is 1. The van der Waals surface area contributed by atoms with Crippen molar-refractivity contribution in [3.8, 4) is 6.07 Å². The lowest BCUT2D eigenvalue weighted by Gasteiger charge is -2.20. The van der Waals surface area contributed by atoms with Gasteiger partial charge in [-0.2, -0.15) is 5.26 Å². The van der Waals surface area contributed by atoms with Gasteiger partial charge >= 0.3 is 0 Å². The topological polar surface area (TPSA) is 51.6 Å². The minimum Gasteiger partial charge on any atom is -0.361 e. The molecule has 20 heavy (non-hydrogen) atoms. The van der Waals surface area contributed by atoms with E-state index in [1.54, 1.807) is 0 Å². The van der Waals surface area contributed by atoms with Gasteiger partial charge in [-0.25, -0.2) is 0 Å². The van der Waals surface area contributed by atoms with Gasteiger partial charge in [0.05, 0.1) is 11.6 Å². The van der Waals surface area contributed by atoms with Crippen molar-refractivity contribution in [3.63, 3.8) is 0 Å². The molecule has 2 unspecified atom stereocenters. The Kier molecular flexibility index (Phi) is 3.75. The van der Waals surface area contributed by atoms with Gasteiger partial charge in [-0.15, -0.1) is 0 Å². The third kappa shape index (κ3) is 2.44. The number of rotatable bonds is 4. The van der Waals surface area contributed by atoms with E-state index in [1.165, 1.54) is 30.2 Å². The Bertz CT molecular complexity index is 635. The number of benzene rings is 1. The van der Waals surface area contributed by atoms with E-state index < -0.39 is 0 Å². The lowest BCUT2D eigenvalue weighted by atomic mass is 9.94. The fourth-order valence-electron chi connectivity index (χ4n) is 3.51. The Hall–Kier alpha value is -1.79. The van der Waals surface area contributed by atoms with Gasteiger partial charge in [0.25, 0.3) is 0 Å². The molecule has 0 bridgehead atoms. The summed E-state index contributed by atoms with van der Waals surface area (Å²) in [6, 6.07) is 8.78. The Morgan fingerprint density at radius 1 is 1.40 bits per heavy atom. The van der Waals surface area contributed by atoms with E-state index in [0.29, 0.717) is 6.04 Å². The zero-order valence-electron chi connectivity index (χ0n) is 11.9. The average molecular weight is 267 g/mol. The summed E-state index contributed by atoms with van der Waals surface area (Å²) in [5.41, 5.74) is 3.23. The SMILES string of the molecule is CCNC1CCCC1Cc1c[nH]c2ccc(C#N)cc12. The monoisotopic (exact) mass is 267 g/mol. The van der Waals surface area contributed by atoms with Crippen molar-refractivity contribution in [1.29, 1.82) is 5.26 Å². The smallest absolute Gasteiger partial charge is 0.0991 e. The van der Waals surface area contributed by atoms with Crippen LogP contribution in [0.3, 0.4) is 0 Å². The van der Waals surface area contributed by atoms with Crippen LogP contribution in [-0.4, -0.2) is 17.6 Å². The normalized spacial score (nSPS) is 22.2. The molecule has 1 saturated carbocycles. The van der Waals surface area contributed by atoms with Crippen LogP contribution in [0.25, 0.3) is 10.9 Å². The fraction of sp³-hybridized carbons (Fsp3) is 0.471. The molecule has 0 amide bonds. The van der Waals surface area contributed by atoms with Crippen LogP contribution in [-0.2, 0) is 6.42 Å². The summed E-state index contributed by atoms with van der Waals surface area (Å²) in [7, 11) is 0. The van der Waals surface area contributed by atoms with E-state index in [0.717, 1.165) is 30.0 Å². The Balaban J connectivity index is 1.85. The highest BCUT2D eigenvalue weighted by Crippen LogP contribution is 2.31. The molecule has 0 spiro atoms. The van der Waals surface area contributed by atoms with E-state index in [-0.39, 0.29) is 0 Å². The van der Waals surface area contributed by atoms with Crippen LogP contribution in [0.4, 0.5) is 0 Å². The highest BCUT2D eigenvalue weighted by Gasteiger charge is 2.27. The van der Waals surface area contributed by atoms with Gasteiger partial charge in [0.1, 0.15) is 0 Å². The molecular formula is C17H21N3. The zero-order valence-corrected chi connectivity index (χ0v) is 11.9. The van der Waals surface area contributed by atoms with Crippen LogP contribution < -0.4 is 5.32 Å². The molecule has 2 atom stereocenters. The lowest BCUT2D eigenvalue weighted by Crippen LogP contribution is -2.33. The Labute approximate surface area is 120 Å². The molecule has 0 aliphatic heterocycles. The Morgan fingerprint density at radius 2 is 2.30 bits per heavy atom. The van der Waals surface area contributed by atoms with Crippen LogP contribution in [0, 0.1) is 17.2 Å². The van der Waals surface area contributed by atoms with Gasteiger partial charge in [-0.3, -0.25) is 0 Å². The third-order valence-corrected chi connectivity index (χ3v) is 4.50. The maximum atomic E-state index is 9.05. The minimum atomic E-state index is 0.657. The molecule has 0 saturated heterocycles. The summed E-state index contributed by atoms with van der Waals surface area (Å²) in [6.07, 6.45) is 7.15. The highest BCUT2D eigenvalue weighted by atomic mass is 14.9. The summed E-state index contributed by atoms with van der Waals surface area (Å²) < 4.78 is 0. The molecule has 104 valence electrons. The predicted molar refractivity (Wildman–Crippen MR) is 81.5 cm³/mol. The van der Waals surface area contributed by atoms with Crippen LogP contribution >= 0.6 is 0 Å². The van der Waals surface area contributed by atoms with E-state index in [9.17, 15) is 0 Å². The van der Waals surface area contributed by atoms with Gasteiger partial charge in [0.2, 0.25) is 0 Å². The van der Waals surface area contributed by atoms with Crippen molar-refractivity contribution >= 4 is 10.9 Å². The molecule has 1 aliphatic rings. The number of aromatic nitrogens is 1. The highest BCUT2D eigenvalue weighted by molar-refractivity contribution is 5.84. The standard InChI is InChI=1S/C17H21N3/c1-2-19-16-5-3-4-13(16)9-14-11-20-17-7-6-12(10-18)8-15(14)17/h6-8,11,13,16,19-20H,2-5,9H2,1H3. The second kappa shape index (κ2) is 5.68. The maximum Gasteiger partial charge on any atom is 0.0991 e. The molecule has 1 fully saturated rings. The van der Waals surface area contributed by atoms with Gasteiger partial charge < -0.3 is 10.3 Å². The average Bonchev–Trinajstić information content (AvgIpc) is 3.07. The molecule has 1 heterocycles. The first kappa shape index (κ1) is 13.2. The summed E-state index contributed by atoms with van der Waals surface area (Å²) in [5, 5.41) is 13.9. The van der Waals surface area contributed by atoms with Crippen LogP contribution in [0.1, 0.15) is 37.3 Å². The first-order valence-electron chi connectivity index (χ1n) is 7.55. The minimum absolute atomic E-state index is 0.657. The number of hydrogen-bond acceptors (Lipinski definition) is 2. The molecule has 3 rings (SSSR count). The van der Waals surface area contributed by atoms with Crippen molar-refractivity contribution in [2.45, 2.75) is 38.6 Å². The lowest BCUT2D eigenvalue weighted by molar-refractivity contribution is 0.407. The molecule has 1 aliphatic carbocycles. The van der Waals surface area contributed by atoms with Crippen molar-refractivity contribution in [3.05, 3.63) is 35.5 Å². The quantitative estimate of drug-likeness (QED) is 0.892. The zero-order chi connectivity index (χ0) is 13.9. The van der Waals surface area contributed by atoms with Crippen LogP contribution in [0.15, 0.2) is 24.4 Å². The van der Waals surface area contributed by atoms with E-state index in [1.807, 2.05) is 18.2 Å². The van der Waals surface area contributed by atoms with Gasteiger partial charge in [0.15, 0.2) is 0 Å². The third-order valence-electron chi connectivity index (χ3n) is 4.50. The number of nitrogens with zero attached hydrogens (tertiary/aromatic N) is 1. The predicted octanol–water partition coefficient (Wildman–Crippen LogP) is 3.36. The summed E-state index contributed by atoms with van der Waals surface area (Å²) in [4.78, 5) is 3.33. The van der Waals surface area contributed by atoms with Crippen molar-refractivity contribution < 1.29 is 0 Å². The second-order valence-electron chi connectivity index (χ2n) is 5.75. The van der Waals surface area contributed by atoms with Gasteiger partial charge in [-0.05, 0) is 55.5 Å². The Morgan fingerprint density at radius 3 is 3.10 bits per heavy atom. The van der Waals surface area contributed by atoms with E-state index in [2.05, 4.69) is 29.5 Å². The van der Waals surface area contributed by atoms with Crippen LogP contribution in [0.5, 0.6) is 0 Å². The van der Waals surface area contributed by atoms with E-state index >= 15 is 0 Å². The molecule has 2 N–H and O–H groups in total. The number of fused-ring (bicyclic) bond motifs is 1. The molecular weight excluding hydrogens is 246 g/mol. The number of nitrogens with one attached hydrogen (secondary N) is 2. The summed E-state index contributed by atoms with van der Waals surface area (Å²) >= 11 is 0. The molecule has 3 nitrogen and oxygen atoms in total. The first-order valence-corrected chi connectivity index (χ1v) is 7.55. The number of hydrogen-bond donors (Lipinski definition) is 2. The van der Waals surface area contributed by atoms with Crippen molar-refractivity contribution in [1.82, 2.24) is 10.3 Å². The molecule has 3 heteroatoms. The maximum absolute atomic E-state index is 9.05. The molecule has 1 aromatic heterocycles. The number of aromatic amines is 1. The molecule has 2 aromatic rings. The largest absolute Gasteiger partial charge is 0.361 e. The van der Waals surface area contributed by atoms with Crippen LogP contribution in [0.2, 0.25) is 0 Å². The van der Waals surface area contributed by atoms with Gasteiger partial charge in [-0.1, -0.05) is 13.3 Å². The van der Waals surface area contributed by atoms with Gasteiger partial charge in [0, 0.05) is 23.1 Å². The van der Waals surface area contributed by atoms with Crippen molar-refractivity contribution in [2.24, 2.45) is 5.92 Å². The molecule has 1 aromatic carbocycles. The molecule has 0 radical (unpaired) electrons. The summed E-state index contributed by atoms with van der Waals surface area (Å²) in [5.74, 6) is 0.722. The first-order chi connectivity index (χ1) is 9.81.